The fourth-order valence-electron chi connectivity index (χ4n) is 2.89. The van der Waals surface area contributed by atoms with Crippen LogP contribution in [0.25, 0.3) is 10.1 Å². The van der Waals surface area contributed by atoms with Crippen LogP contribution < -0.4 is 24.8 Å². The van der Waals surface area contributed by atoms with Gasteiger partial charge in [0, 0.05) is 28.3 Å². The van der Waals surface area contributed by atoms with Crippen LogP contribution in [0.15, 0.2) is 36.4 Å². The summed E-state index contributed by atoms with van der Waals surface area (Å²) in [5.74, 6) is 0.860. The van der Waals surface area contributed by atoms with Gasteiger partial charge in [-0.1, -0.05) is 29.8 Å². The molecular weight excluding hydrogens is 428 g/mol. The fourth-order valence-corrected chi connectivity index (χ4v) is 4.32. The van der Waals surface area contributed by atoms with Crippen LogP contribution in [-0.4, -0.2) is 39.7 Å². The van der Waals surface area contributed by atoms with E-state index in [1.54, 1.807) is 12.1 Å². The summed E-state index contributed by atoms with van der Waals surface area (Å²) in [6.45, 7) is 0.0148. The first-order valence-corrected chi connectivity index (χ1v) is 10.2. The zero-order chi connectivity index (χ0) is 21.7. The van der Waals surface area contributed by atoms with E-state index in [0.29, 0.717) is 32.7 Å². The average molecular weight is 449 g/mol. The number of amides is 2. The molecule has 7 nitrogen and oxygen atoms in total. The monoisotopic (exact) mass is 448 g/mol. The Labute approximate surface area is 182 Å². The predicted molar refractivity (Wildman–Crippen MR) is 117 cm³/mol. The zero-order valence-corrected chi connectivity index (χ0v) is 18.3. The van der Waals surface area contributed by atoms with Crippen LogP contribution in [-0.2, 0) is 11.3 Å². The van der Waals surface area contributed by atoms with E-state index < -0.39 is 0 Å². The molecule has 0 saturated carbocycles. The van der Waals surface area contributed by atoms with Crippen molar-refractivity contribution in [1.29, 1.82) is 0 Å². The maximum Gasteiger partial charge on any atom is 0.263 e. The number of thiophene rings is 1. The van der Waals surface area contributed by atoms with Crippen LogP contribution >= 0.6 is 22.9 Å². The highest BCUT2D eigenvalue weighted by Crippen LogP contribution is 2.35. The molecule has 2 aromatic carbocycles. The highest BCUT2D eigenvalue weighted by atomic mass is 35.5. The van der Waals surface area contributed by atoms with Crippen molar-refractivity contribution in [3.63, 3.8) is 0 Å². The molecule has 0 unspecified atom stereocenters. The molecule has 9 heteroatoms. The second kappa shape index (κ2) is 9.69. The molecule has 3 rings (SSSR count). The van der Waals surface area contributed by atoms with Crippen molar-refractivity contribution in [3.05, 3.63) is 51.9 Å². The van der Waals surface area contributed by atoms with Crippen molar-refractivity contribution >= 4 is 44.8 Å². The van der Waals surface area contributed by atoms with Crippen molar-refractivity contribution < 1.29 is 23.8 Å². The molecule has 1 heterocycles. The van der Waals surface area contributed by atoms with Gasteiger partial charge < -0.3 is 24.8 Å². The summed E-state index contributed by atoms with van der Waals surface area (Å²) in [7, 11) is 4.59. The number of benzene rings is 2. The summed E-state index contributed by atoms with van der Waals surface area (Å²) < 4.78 is 16.8. The van der Waals surface area contributed by atoms with Crippen LogP contribution in [0.2, 0.25) is 5.02 Å². The molecule has 1 aromatic heterocycles. The van der Waals surface area contributed by atoms with E-state index >= 15 is 0 Å². The summed E-state index contributed by atoms with van der Waals surface area (Å²) in [5.41, 5.74) is 0.711. The van der Waals surface area contributed by atoms with Crippen molar-refractivity contribution in [1.82, 2.24) is 10.6 Å². The van der Waals surface area contributed by atoms with Crippen LogP contribution in [0.5, 0.6) is 17.2 Å². The maximum absolute atomic E-state index is 12.5. The third-order valence-electron chi connectivity index (χ3n) is 4.41. The molecule has 2 N–H and O–H groups in total. The summed E-state index contributed by atoms with van der Waals surface area (Å²) in [4.78, 5) is 25.1. The third kappa shape index (κ3) is 4.60. The third-order valence-corrected chi connectivity index (χ3v) is 6.09. The predicted octanol–water partition coefficient (Wildman–Crippen LogP) is 3.63. The molecule has 0 atom stereocenters. The number of hydrogen-bond donors (Lipinski definition) is 2. The average Bonchev–Trinajstić information content (AvgIpc) is 3.12. The Hall–Kier alpha value is -2.97. The zero-order valence-electron chi connectivity index (χ0n) is 16.7. The lowest BCUT2D eigenvalue weighted by molar-refractivity contribution is -0.120. The number of carbonyl (C=O) groups is 2. The van der Waals surface area contributed by atoms with E-state index in [1.807, 2.05) is 24.3 Å². The van der Waals surface area contributed by atoms with E-state index in [1.165, 1.54) is 32.7 Å². The standard InChI is InChI=1S/C21H21ClN2O5S/c1-27-14-9-16(29-3)15(28-2)8-12(14)10-23-18(25)11-24-21(26)20-19(22)13-6-4-5-7-17(13)30-20/h4-9H,10-11H2,1-3H3,(H,23,25)(H,24,26). The van der Waals surface area contributed by atoms with E-state index in [-0.39, 0.29) is 24.9 Å². The lowest BCUT2D eigenvalue weighted by atomic mass is 10.1. The minimum absolute atomic E-state index is 0.182. The molecule has 0 bridgehead atoms. The number of nitrogens with one attached hydrogen (secondary N) is 2. The quantitative estimate of drug-likeness (QED) is 0.549. The van der Waals surface area contributed by atoms with Gasteiger partial charge in [-0.2, -0.15) is 0 Å². The summed E-state index contributed by atoms with van der Waals surface area (Å²) >= 11 is 7.60. The van der Waals surface area contributed by atoms with Gasteiger partial charge in [-0.25, -0.2) is 0 Å². The lowest BCUT2D eigenvalue weighted by Gasteiger charge is -2.14. The van der Waals surface area contributed by atoms with Gasteiger partial charge >= 0.3 is 0 Å². The maximum atomic E-state index is 12.5. The number of fused-ring (bicyclic) bond motifs is 1. The molecule has 0 fully saturated rings. The summed E-state index contributed by atoms with van der Waals surface area (Å²) in [5, 5.41) is 6.57. The van der Waals surface area contributed by atoms with E-state index in [4.69, 9.17) is 25.8 Å². The normalized spacial score (nSPS) is 10.5. The van der Waals surface area contributed by atoms with Gasteiger partial charge in [0.05, 0.1) is 32.9 Å². The molecule has 0 saturated heterocycles. The number of methoxy groups -OCH3 is 3. The Morgan fingerprint density at radius 1 is 0.967 bits per heavy atom. The number of ether oxygens (including phenoxy) is 3. The molecule has 158 valence electrons. The lowest BCUT2D eigenvalue weighted by Crippen LogP contribution is -2.36. The number of halogens is 1. The van der Waals surface area contributed by atoms with E-state index in [0.717, 1.165) is 10.1 Å². The fraction of sp³-hybridized carbons (Fsp3) is 0.238. The Balaban J connectivity index is 1.61. The number of rotatable bonds is 8. The number of hydrogen-bond acceptors (Lipinski definition) is 6. The van der Waals surface area contributed by atoms with Crippen LogP contribution in [0.3, 0.4) is 0 Å². The molecule has 0 radical (unpaired) electrons. The molecule has 0 spiro atoms. The minimum atomic E-state index is -0.389. The van der Waals surface area contributed by atoms with Gasteiger partial charge in [0.2, 0.25) is 5.91 Å². The molecule has 30 heavy (non-hydrogen) atoms. The Morgan fingerprint density at radius 3 is 2.30 bits per heavy atom. The smallest absolute Gasteiger partial charge is 0.263 e. The minimum Gasteiger partial charge on any atom is -0.496 e. The van der Waals surface area contributed by atoms with Gasteiger partial charge in [0.1, 0.15) is 10.6 Å². The van der Waals surface area contributed by atoms with E-state index in [9.17, 15) is 9.59 Å². The van der Waals surface area contributed by atoms with Crippen LogP contribution in [0.1, 0.15) is 15.2 Å². The van der Waals surface area contributed by atoms with Crippen LogP contribution in [0, 0.1) is 0 Å². The second-order valence-electron chi connectivity index (χ2n) is 6.22. The van der Waals surface area contributed by atoms with Gasteiger partial charge in [-0.15, -0.1) is 11.3 Å². The van der Waals surface area contributed by atoms with Crippen molar-refractivity contribution in [3.8, 4) is 17.2 Å². The highest BCUT2D eigenvalue weighted by Gasteiger charge is 2.18. The Bertz CT molecular complexity index is 1080. The Morgan fingerprint density at radius 2 is 1.63 bits per heavy atom. The first kappa shape index (κ1) is 21.7. The molecular formula is C21H21ClN2O5S. The number of carbonyl (C=O) groups excluding carboxylic acids is 2. The van der Waals surface area contributed by atoms with Crippen molar-refractivity contribution in [2.75, 3.05) is 27.9 Å². The first-order chi connectivity index (χ1) is 14.5. The topological polar surface area (TPSA) is 85.9 Å². The van der Waals surface area contributed by atoms with Crippen molar-refractivity contribution in [2.45, 2.75) is 6.54 Å². The molecule has 2 amide bonds. The van der Waals surface area contributed by atoms with Crippen molar-refractivity contribution in [2.24, 2.45) is 0 Å². The largest absolute Gasteiger partial charge is 0.496 e. The summed E-state index contributed by atoms with van der Waals surface area (Å²) in [6.07, 6.45) is 0. The van der Waals surface area contributed by atoms with E-state index in [2.05, 4.69) is 10.6 Å². The van der Waals surface area contributed by atoms with Gasteiger partial charge in [0.25, 0.3) is 5.91 Å². The molecule has 0 aliphatic heterocycles. The molecule has 3 aromatic rings. The SMILES string of the molecule is COc1cc(OC)c(OC)cc1CNC(=O)CNC(=O)c1sc2ccccc2c1Cl. The van der Waals surface area contributed by atoms with Gasteiger partial charge in [0.15, 0.2) is 11.5 Å². The second-order valence-corrected chi connectivity index (χ2v) is 7.65. The van der Waals surface area contributed by atoms with Gasteiger partial charge in [-0.05, 0) is 12.1 Å². The van der Waals surface area contributed by atoms with Crippen LogP contribution in [0.4, 0.5) is 0 Å². The van der Waals surface area contributed by atoms with Gasteiger partial charge in [-0.3, -0.25) is 9.59 Å². The first-order valence-electron chi connectivity index (χ1n) is 8.99. The molecule has 0 aliphatic carbocycles. The summed E-state index contributed by atoms with van der Waals surface area (Å²) in [6, 6.07) is 10.9. The Kier molecular flexibility index (Phi) is 7.02. The molecule has 0 aliphatic rings. The highest BCUT2D eigenvalue weighted by molar-refractivity contribution is 7.21.